The molecule has 2 aliphatic rings. The third kappa shape index (κ3) is 3.32. The van der Waals surface area contributed by atoms with E-state index in [9.17, 15) is 4.79 Å². The Hall–Kier alpha value is -1.42. The van der Waals surface area contributed by atoms with Crippen LogP contribution in [-0.4, -0.2) is 31.1 Å². The summed E-state index contributed by atoms with van der Waals surface area (Å²) in [6.07, 6.45) is 5.31. The fourth-order valence-corrected chi connectivity index (χ4v) is 2.39. The molecule has 0 unspecified atom stereocenters. The number of nitrogens with zero attached hydrogens (tertiary/aromatic N) is 1. The molecule has 1 aliphatic carbocycles. The van der Waals surface area contributed by atoms with Crippen molar-refractivity contribution in [3.63, 3.8) is 0 Å². The fourth-order valence-electron chi connectivity index (χ4n) is 2.39. The van der Waals surface area contributed by atoms with Crippen molar-refractivity contribution in [3.05, 3.63) is 23.4 Å². The first-order valence-corrected chi connectivity index (χ1v) is 7.03. The summed E-state index contributed by atoms with van der Waals surface area (Å²) < 4.78 is 11.1. The molecule has 4 nitrogen and oxygen atoms in total. The minimum absolute atomic E-state index is 0.533. The van der Waals surface area contributed by atoms with Crippen molar-refractivity contribution in [2.24, 2.45) is 5.92 Å². The number of rotatable bonds is 5. The molecule has 0 atom stereocenters. The third-order valence-electron chi connectivity index (χ3n) is 3.78. The first-order valence-electron chi connectivity index (χ1n) is 7.03. The van der Waals surface area contributed by atoms with Gasteiger partial charge in [-0.15, -0.1) is 0 Å². The van der Waals surface area contributed by atoms with Gasteiger partial charge in [0.2, 0.25) is 5.88 Å². The highest BCUT2D eigenvalue weighted by atomic mass is 16.5. The van der Waals surface area contributed by atoms with Crippen molar-refractivity contribution in [1.82, 2.24) is 4.98 Å². The molecular weight excluding hydrogens is 242 g/mol. The minimum atomic E-state index is 0.533. The van der Waals surface area contributed by atoms with Gasteiger partial charge >= 0.3 is 0 Å². The van der Waals surface area contributed by atoms with Gasteiger partial charge in [-0.25, -0.2) is 4.98 Å². The van der Waals surface area contributed by atoms with Crippen LogP contribution in [0.25, 0.3) is 0 Å². The number of aldehydes is 1. The molecule has 0 aromatic carbocycles. The van der Waals surface area contributed by atoms with Crippen LogP contribution in [0, 0.1) is 5.92 Å². The van der Waals surface area contributed by atoms with Gasteiger partial charge in [0.15, 0.2) is 0 Å². The summed E-state index contributed by atoms with van der Waals surface area (Å²) in [5.74, 6) is 1.67. The van der Waals surface area contributed by atoms with Crippen molar-refractivity contribution in [3.8, 4) is 5.88 Å². The molecule has 2 fully saturated rings. The summed E-state index contributed by atoms with van der Waals surface area (Å²) in [6.45, 7) is 2.31. The van der Waals surface area contributed by atoms with E-state index in [1.165, 1.54) is 12.8 Å². The lowest BCUT2D eigenvalue weighted by atomic mass is 10.0. The molecule has 3 rings (SSSR count). The fraction of sp³-hybridized carbons (Fsp3) is 0.600. The number of ether oxygens (including phenoxy) is 2. The molecular formula is C15H19NO3. The second-order valence-corrected chi connectivity index (χ2v) is 5.42. The number of hydrogen-bond acceptors (Lipinski definition) is 4. The molecule has 0 bridgehead atoms. The third-order valence-corrected chi connectivity index (χ3v) is 3.78. The highest BCUT2D eigenvalue weighted by Crippen LogP contribution is 2.39. The molecule has 102 valence electrons. The van der Waals surface area contributed by atoms with Crippen LogP contribution in [-0.2, 0) is 4.74 Å². The Kier molecular flexibility index (Phi) is 3.78. The maximum atomic E-state index is 11.0. The van der Waals surface area contributed by atoms with Crippen LogP contribution in [0.4, 0.5) is 0 Å². The quantitative estimate of drug-likeness (QED) is 0.764. The molecule has 1 aliphatic heterocycles. The van der Waals surface area contributed by atoms with Crippen LogP contribution in [0.2, 0.25) is 0 Å². The molecule has 0 radical (unpaired) electrons. The predicted molar refractivity (Wildman–Crippen MR) is 70.6 cm³/mol. The number of hydrogen-bond donors (Lipinski definition) is 0. The summed E-state index contributed by atoms with van der Waals surface area (Å²) in [5, 5.41) is 0. The Balaban J connectivity index is 1.65. The molecule has 1 aromatic rings. The number of carbonyl (C=O) groups excluding carboxylic acids is 1. The zero-order valence-electron chi connectivity index (χ0n) is 11.0. The average Bonchev–Trinajstić information content (AvgIpc) is 3.30. The largest absolute Gasteiger partial charge is 0.477 e. The van der Waals surface area contributed by atoms with Crippen molar-refractivity contribution in [2.75, 3.05) is 19.8 Å². The second kappa shape index (κ2) is 5.70. The van der Waals surface area contributed by atoms with Gasteiger partial charge in [0, 0.05) is 36.5 Å². The minimum Gasteiger partial charge on any atom is -0.477 e. The number of pyridine rings is 1. The highest BCUT2D eigenvalue weighted by molar-refractivity contribution is 5.75. The predicted octanol–water partition coefficient (Wildman–Crippen LogP) is 2.58. The molecule has 1 saturated heterocycles. The number of carbonyl (C=O) groups is 1. The SMILES string of the molecule is O=Cc1cc(OCC2CCOCC2)nc(C2CC2)c1. The van der Waals surface area contributed by atoms with Crippen molar-refractivity contribution in [1.29, 1.82) is 0 Å². The van der Waals surface area contributed by atoms with Crippen molar-refractivity contribution in [2.45, 2.75) is 31.6 Å². The first-order chi connectivity index (χ1) is 9.35. The topological polar surface area (TPSA) is 48.4 Å². The molecule has 4 heteroatoms. The lowest BCUT2D eigenvalue weighted by Gasteiger charge is -2.21. The molecule has 0 amide bonds. The van der Waals surface area contributed by atoms with Crippen molar-refractivity contribution >= 4 is 6.29 Å². The summed E-state index contributed by atoms with van der Waals surface area (Å²) in [6, 6.07) is 3.62. The Labute approximate surface area is 113 Å². The maximum Gasteiger partial charge on any atom is 0.214 e. The van der Waals surface area contributed by atoms with Crippen LogP contribution < -0.4 is 4.74 Å². The van der Waals surface area contributed by atoms with E-state index in [0.29, 0.717) is 29.9 Å². The maximum absolute atomic E-state index is 11.0. The van der Waals surface area contributed by atoms with Gasteiger partial charge in [0.25, 0.3) is 0 Å². The highest BCUT2D eigenvalue weighted by Gasteiger charge is 2.26. The van der Waals surface area contributed by atoms with E-state index in [-0.39, 0.29) is 0 Å². The molecule has 0 N–H and O–H groups in total. The van der Waals surface area contributed by atoms with Crippen molar-refractivity contribution < 1.29 is 14.3 Å². The Bertz CT molecular complexity index is 451. The van der Waals surface area contributed by atoms with E-state index in [1.54, 1.807) is 6.07 Å². The number of aromatic nitrogens is 1. The Morgan fingerprint density at radius 2 is 2.05 bits per heavy atom. The van der Waals surface area contributed by atoms with E-state index in [4.69, 9.17) is 9.47 Å². The monoisotopic (exact) mass is 261 g/mol. The van der Waals surface area contributed by atoms with Gasteiger partial charge in [-0.05, 0) is 37.7 Å². The zero-order chi connectivity index (χ0) is 13.1. The molecule has 1 aromatic heterocycles. The first kappa shape index (κ1) is 12.6. The van der Waals surface area contributed by atoms with Gasteiger partial charge < -0.3 is 9.47 Å². The normalized spacial score (nSPS) is 20.2. The summed E-state index contributed by atoms with van der Waals surface area (Å²) >= 11 is 0. The molecule has 1 saturated carbocycles. The zero-order valence-corrected chi connectivity index (χ0v) is 11.0. The lowest BCUT2D eigenvalue weighted by molar-refractivity contribution is 0.0490. The van der Waals surface area contributed by atoms with E-state index in [2.05, 4.69) is 4.98 Å². The Morgan fingerprint density at radius 3 is 2.74 bits per heavy atom. The van der Waals surface area contributed by atoms with Gasteiger partial charge in [0.05, 0.1) is 6.61 Å². The van der Waals surface area contributed by atoms with E-state index >= 15 is 0 Å². The standard InChI is InChI=1S/C15H19NO3/c17-9-12-7-14(13-1-2-13)16-15(8-12)19-10-11-3-5-18-6-4-11/h7-9,11,13H,1-6,10H2. The summed E-state index contributed by atoms with van der Waals surface area (Å²) in [4.78, 5) is 15.5. The van der Waals surface area contributed by atoms with Crippen LogP contribution in [0.5, 0.6) is 5.88 Å². The Morgan fingerprint density at radius 1 is 1.26 bits per heavy atom. The van der Waals surface area contributed by atoms with Gasteiger partial charge in [-0.3, -0.25) is 4.79 Å². The van der Waals surface area contributed by atoms with E-state index in [0.717, 1.165) is 38.0 Å². The van der Waals surface area contributed by atoms with Gasteiger partial charge in [0.1, 0.15) is 6.29 Å². The average molecular weight is 261 g/mol. The van der Waals surface area contributed by atoms with Crippen LogP contribution in [0.15, 0.2) is 12.1 Å². The van der Waals surface area contributed by atoms with Crippen LogP contribution in [0.1, 0.15) is 47.7 Å². The smallest absolute Gasteiger partial charge is 0.214 e. The van der Waals surface area contributed by atoms with Gasteiger partial charge in [-0.2, -0.15) is 0 Å². The van der Waals surface area contributed by atoms with E-state index < -0.39 is 0 Å². The van der Waals surface area contributed by atoms with Crippen LogP contribution in [0.3, 0.4) is 0 Å². The summed E-state index contributed by atoms with van der Waals surface area (Å²) in [7, 11) is 0. The van der Waals surface area contributed by atoms with Gasteiger partial charge in [-0.1, -0.05) is 0 Å². The molecule has 19 heavy (non-hydrogen) atoms. The lowest BCUT2D eigenvalue weighted by Crippen LogP contribution is -2.21. The summed E-state index contributed by atoms with van der Waals surface area (Å²) in [5.41, 5.74) is 1.67. The second-order valence-electron chi connectivity index (χ2n) is 5.42. The molecule has 0 spiro atoms. The van der Waals surface area contributed by atoms with Crippen LogP contribution >= 0.6 is 0 Å². The van der Waals surface area contributed by atoms with E-state index in [1.807, 2.05) is 6.07 Å². The molecule has 2 heterocycles.